The minimum absolute atomic E-state index is 0.243. The lowest BCUT2D eigenvalue weighted by molar-refractivity contribution is 0.306. The summed E-state index contributed by atoms with van der Waals surface area (Å²) >= 11 is 0. The van der Waals surface area contributed by atoms with Crippen LogP contribution < -0.4 is 10.4 Å². The van der Waals surface area contributed by atoms with Crippen LogP contribution in [0.3, 0.4) is 0 Å². The quantitative estimate of drug-likeness (QED) is 0.686. The Labute approximate surface area is 132 Å². The normalized spacial score (nSPS) is 13.3. The van der Waals surface area contributed by atoms with E-state index in [1.165, 1.54) is 29.3 Å². The van der Waals surface area contributed by atoms with Crippen molar-refractivity contribution >= 4 is 11.0 Å². The summed E-state index contributed by atoms with van der Waals surface area (Å²) in [6.07, 6.45) is 3.23. The highest BCUT2D eigenvalue weighted by Crippen LogP contribution is 2.29. The van der Waals surface area contributed by atoms with Gasteiger partial charge >= 0.3 is 5.63 Å². The Kier molecular flexibility index (Phi) is 3.37. The lowest BCUT2D eigenvalue weighted by Crippen LogP contribution is -2.04. The van der Waals surface area contributed by atoms with Gasteiger partial charge in [0, 0.05) is 17.0 Å². The molecular weight excluding hydrogens is 295 g/mol. The highest BCUT2D eigenvalue weighted by molar-refractivity contribution is 5.82. The van der Waals surface area contributed by atoms with Gasteiger partial charge in [-0.15, -0.1) is 0 Å². The Balaban J connectivity index is 1.71. The fourth-order valence-corrected chi connectivity index (χ4v) is 3.11. The monoisotopic (exact) mass is 310 g/mol. The van der Waals surface area contributed by atoms with Gasteiger partial charge in [-0.25, -0.2) is 9.18 Å². The Bertz CT molecular complexity index is 926. The molecule has 0 aliphatic heterocycles. The summed E-state index contributed by atoms with van der Waals surface area (Å²) in [5.41, 5.74) is 3.59. The van der Waals surface area contributed by atoms with E-state index in [0.717, 1.165) is 30.2 Å². The molecule has 1 aromatic heterocycles. The van der Waals surface area contributed by atoms with E-state index in [9.17, 15) is 9.18 Å². The SMILES string of the molecule is O=c1cc(COc2ccc(F)cc2)c2cc3c(cc2o1)CCC3. The van der Waals surface area contributed by atoms with Crippen molar-refractivity contribution in [2.24, 2.45) is 0 Å². The Morgan fingerprint density at radius 1 is 1.04 bits per heavy atom. The topological polar surface area (TPSA) is 39.4 Å². The van der Waals surface area contributed by atoms with Crippen molar-refractivity contribution in [3.05, 3.63) is 75.4 Å². The van der Waals surface area contributed by atoms with Crippen LogP contribution in [0.5, 0.6) is 5.75 Å². The molecule has 116 valence electrons. The molecular formula is C19H15FO3. The van der Waals surface area contributed by atoms with Crippen molar-refractivity contribution in [1.82, 2.24) is 0 Å². The highest BCUT2D eigenvalue weighted by Gasteiger charge is 2.15. The van der Waals surface area contributed by atoms with Gasteiger partial charge in [0.2, 0.25) is 0 Å². The Hall–Kier alpha value is -2.62. The van der Waals surface area contributed by atoms with Gasteiger partial charge in [-0.1, -0.05) is 0 Å². The predicted molar refractivity (Wildman–Crippen MR) is 85.2 cm³/mol. The predicted octanol–water partition coefficient (Wildman–Crippen LogP) is 4.00. The van der Waals surface area contributed by atoms with Gasteiger partial charge in [-0.2, -0.15) is 0 Å². The van der Waals surface area contributed by atoms with Crippen LogP contribution in [0.25, 0.3) is 11.0 Å². The number of fused-ring (bicyclic) bond motifs is 2. The van der Waals surface area contributed by atoms with E-state index in [1.54, 1.807) is 12.1 Å². The molecule has 0 spiro atoms. The zero-order chi connectivity index (χ0) is 15.8. The maximum atomic E-state index is 12.9. The number of hydrogen-bond donors (Lipinski definition) is 0. The molecule has 0 fully saturated rings. The second-order valence-corrected chi connectivity index (χ2v) is 5.80. The molecule has 4 rings (SSSR count). The summed E-state index contributed by atoms with van der Waals surface area (Å²) in [4.78, 5) is 11.8. The van der Waals surface area contributed by atoms with Crippen molar-refractivity contribution in [2.45, 2.75) is 25.9 Å². The van der Waals surface area contributed by atoms with Gasteiger partial charge in [0.25, 0.3) is 0 Å². The van der Waals surface area contributed by atoms with E-state index in [-0.39, 0.29) is 18.0 Å². The van der Waals surface area contributed by atoms with Gasteiger partial charge in [-0.05, 0) is 66.8 Å². The summed E-state index contributed by atoms with van der Waals surface area (Å²) in [6.45, 7) is 0.243. The fraction of sp³-hybridized carbons (Fsp3) is 0.211. The highest BCUT2D eigenvalue weighted by atomic mass is 19.1. The van der Waals surface area contributed by atoms with Crippen LogP contribution in [0.2, 0.25) is 0 Å². The van der Waals surface area contributed by atoms with E-state index in [2.05, 4.69) is 6.07 Å². The minimum Gasteiger partial charge on any atom is -0.489 e. The van der Waals surface area contributed by atoms with Crippen LogP contribution in [0, 0.1) is 5.82 Å². The number of benzene rings is 2. The summed E-state index contributed by atoms with van der Waals surface area (Å²) in [5, 5.41) is 0.910. The minimum atomic E-state index is -0.381. The van der Waals surface area contributed by atoms with Gasteiger partial charge in [-0.3, -0.25) is 0 Å². The maximum Gasteiger partial charge on any atom is 0.336 e. The van der Waals surface area contributed by atoms with E-state index in [4.69, 9.17) is 9.15 Å². The Morgan fingerprint density at radius 2 is 1.78 bits per heavy atom. The zero-order valence-corrected chi connectivity index (χ0v) is 12.5. The molecule has 0 radical (unpaired) electrons. The summed E-state index contributed by atoms with van der Waals surface area (Å²) in [5.74, 6) is 0.257. The molecule has 2 aromatic carbocycles. The first-order valence-electron chi connectivity index (χ1n) is 7.66. The molecule has 23 heavy (non-hydrogen) atoms. The molecule has 0 atom stereocenters. The number of hydrogen-bond acceptors (Lipinski definition) is 3. The summed E-state index contributed by atoms with van der Waals surface area (Å²) < 4.78 is 23.9. The van der Waals surface area contributed by atoms with Crippen molar-refractivity contribution in [2.75, 3.05) is 0 Å². The van der Waals surface area contributed by atoms with Crippen molar-refractivity contribution in [3.8, 4) is 5.75 Å². The van der Waals surface area contributed by atoms with E-state index < -0.39 is 0 Å². The van der Waals surface area contributed by atoms with Crippen LogP contribution in [0.15, 0.2) is 51.7 Å². The first-order chi connectivity index (χ1) is 11.2. The fourth-order valence-electron chi connectivity index (χ4n) is 3.11. The third-order valence-corrected chi connectivity index (χ3v) is 4.25. The Morgan fingerprint density at radius 3 is 2.57 bits per heavy atom. The molecule has 0 N–H and O–H groups in total. The van der Waals surface area contributed by atoms with E-state index >= 15 is 0 Å². The maximum absolute atomic E-state index is 12.9. The molecule has 0 amide bonds. The lowest BCUT2D eigenvalue weighted by Gasteiger charge is -2.10. The molecule has 1 heterocycles. The second-order valence-electron chi connectivity index (χ2n) is 5.80. The van der Waals surface area contributed by atoms with E-state index in [0.29, 0.717) is 11.3 Å². The molecule has 0 saturated carbocycles. The van der Waals surface area contributed by atoms with Crippen LogP contribution in [-0.2, 0) is 19.4 Å². The zero-order valence-electron chi connectivity index (χ0n) is 12.5. The standard InChI is InChI=1S/C19H15FO3/c20-15-4-6-16(7-5-15)22-11-14-10-19(21)23-18-9-13-3-1-2-12(13)8-17(14)18/h4-10H,1-3,11H2. The first-order valence-corrected chi connectivity index (χ1v) is 7.66. The molecule has 0 saturated heterocycles. The number of aryl methyl sites for hydroxylation is 2. The first kappa shape index (κ1) is 14.0. The summed E-state index contributed by atoms with van der Waals surface area (Å²) in [6, 6.07) is 11.4. The third kappa shape index (κ3) is 2.72. The average molecular weight is 310 g/mol. The number of ether oxygens (including phenoxy) is 1. The molecule has 0 unspecified atom stereocenters. The third-order valence-electron chi connectivity index (χ3n) is 4.25. The average Bonchev–Trinajstić information content (AvgIpc) is 2.99. The van der Waals surface area contributed by atoms with Crippen molar-refractivity contribution in [3.63, 3.8) is 0 Å². The molecule has 3 aromatic rings. The number of halogens is 1. The molecule has 4 heteroatoms. The molecule has 1 aliphatic rings. The molecule has 0 bridgehead atoms. The van der Waals surface area contributed by atoms with Gasteiger partial charge < -0.3 is 9.15 Å². The van der Waals surface area contributed by atoms with Gasteiger partial charge in [0.15, 0.2) is 0 Å². The van der Waals surface area contributed by atoms with Gasteiger partial charge in [0.05, 0.1) is 0 Å². The number of rotatable bonds is 3. The smallest absolute Gasteiger partial charge is 0.336 e. The van der Waals surface area contributed by atoms with Crippen LogP contribution in [0.1, 0.15) is 23.1 Å². The van der Waals surface area contributed by atoms with Crippen molar-refractivity contribution in [1.29, 1.82) is 0 Å². The van der Waals surface area contributed by atoms with E-state index in [1.807, 2.05) is 6.07 Å². The second kappa shape index (κ2) is 5.54. The largest absolute Gasteiger partial charge is 0.489 e. The molecule has 1 aliphatic carbocycles. The molecule has 3 nitrogen and oxygen atoms in total. The van der Waals surface area contributed by atoms with Crippen LogP contribution in [-0.4, -0.2) is 0 Å². The van der Waals surface area contributed by atoms with Crippen LogP contribution in [0.4, 0.5) is 4.39 Å². The van der Waals surface area contributed by atoms with Crippen LogP contribution >= 0.6 is 0 Å². The van der Waals surface area contributed by atoms with Gasteiger partial charge in [0.1, 0.15) is 23.8 Å². The lowest BCUT2D eigenvalue weighted by atomic mass is 10.0. The summed E-state index contributed by atoms with van der Waals surface area (Å²) in [7, 11) is 0. The van der Waals surface area contributed by atoms with Crippen molar-refractivity contribution < 1.29 is 13.5 Å².